The van der Waals surface area contributed by atoms with Crippen molar-refractivity contribution in [1.82, 2.24) is 19.9 Å². The van der Waals surface area contributed by atoms with Gasteiger partial charge in [0.25, 0.3) is 0 Å². The lowest BCUT2D eigenvalue weighted by atomic mass is 10.0. The molecule has 26 heavy (non-hydrogen) atoms. The Kier molecular flexibility index (Phi) is 5.63. The van der Waals surface area contributed by atoms with Crippen molar-refractivity contribution in [2.45, 2.75) is 11.2 Å². The van der Waals surface area contributed by atoms with Crippen molar-refractivity contribution in [1.29, 1.82) is 0 Å². The smallest absolute Gasteiger partial charge is 0.187 e. The first kappa shape index (κ1) is 18.5. The third-order valence-corrected chi connectivity index (χ3v) is 4.65. The van der Waals surface area contributed by atoms with Gasteiger partial charge in [-0.05, 0) is 38.6 Å². The highest BCUT2D eigenvalue weighted by molar-refractivity contribution is 7.98. The average molecular weight is 375 g/mol. The van der Waals surface area contributed by atoms with Crippen LogP contribution in [0.2, 0.25) is 0 Å². The predicted molar refractivity (Wildman–Crippen MR) is 100 cm³/mol. The van der Waals surface area contributed by atoms with Crippen LogP contribution >= 0.6 is 11.8 Å². The second-order valence-corrected chi connectivity index (χ2v) is 6.72. The molecule has 0 aliphatic carbocycles. The summed E-state index contributed by atoms with van der Waals surface area (Å²) in [6.07, 6.45) is 5.26. The van der Waals surface area contributed by atoms with Crippen LogP contribution in [0.3, 0.4) is 0 Å². The molecule has 2 aromatic heterocycles. The molecule has 0 spiro atoms. The van der Waals surface area contributed by atoms with E-state index in [0.29, 0.717) is 11.0 Å². The minimum absolute atomic E-state index is 0.0335. The van der Waals surface area contributed by atoms with Gasteiger partial charge in [0.2, 0.25) is 0 Å². The summed E-state index contributed by atoms with van der Waals surface area (Å²) >= 11 is 1.46. The summed E-state index contributed by atoms with van der Waals surface area (Å²) in [5.74, 6) is -0.549. The number of hydrogen-bond donors (Lipinski definition) is 1. The Balaban J connectivity index is 1.90. The molecule has 5 nitrogen and oxygen atoms in total. The van der Waals surface area contributed by atoms with E-state index < -0.39 is 17.7 Å². The number of fused-ring (bicyclic) bond motifs is 1. The van der Waals surface area contributed by atoms with Crippen LogP contribution in [0.25, 0.3) is 10.9 Å². The Labute approximate surface area is 154 Å². The monoisotopic (exact) mass is 375 g/mol. The molecule has 2 heterocycles. The van der Waals surface area contributed by atoms with Gasteiger partial charge in [-0.3, -0.25) is 0 Å². The minimum atomic E-state index is -0.565. The van der Waals surface area contributed by atoms with E-state index in [-0.39, 0.29) is 12.1 Å². The predicted octanol–water partition coefficient (Wildman–Crippen LogP) is 3.74. The Hall–Kier alpha value is -2.32. The summed E-state index contributed by atoms with van der Waals surface area (Å²) < 4.78 is 28.4. The van der Waals surface area contributed by atoms with E-state index in [1.807, 2.05) is 12.3 Å². The van der Waals surface area contributed by atoms with E-state index in [4.69, 9.17) is 0 Å². The fourth-order valence-corrected chi connectivity index (χ4v) is 3.09. The quantitative estimate of drug-likeness (QED) is 0.523. The van der Waals surface area contributed by atoms with Crippen LogP contribution in [0.15, 0.2) is 41.8 Å². The summed E-state index contributed by atoms with van der Waals surface area (Å²) in [5.41, 5.74) is 0.798. The van der Waals surface area contributed by atoms with Gasteiger partial charge in [-0.1, -0.05) is 17.8 Å². The summed E-state index contributed by atoms with van der Waals surface area (Å²) in [7, 11) is 3.56. The summed E-state index contributed by atoms with van der Waals surface area (Å²) in [4.78, 5) is 14.8. The number of halogens is 2. The standard InChI is InChI=1S/C18H19F2N5S/c1-25(2)15(16-12(19)5-4-6-13(16)20)10-22-17-11-9-23-18(26-3)24-14(11)7-8-21-17/h4-9,15H,10H2,1-3H3,(H,21,22). The van der Waals surface area contributed by atoms with Crippen molar-refractivity contribution in [3.05, 3.63) is 53.9 Å². The van der Waals surface area contributed by atoms with Crippen molar-refractivity contribution < 1.29 is 8.78 Å². The lowest BCUT2D eigenvalue weighted by Gasteiger charge is -2.26. The lowest BCUT2D eigenvalue weighted by molar-refractivity contribution is 0.295. The zero-order valence-electron chi connectivity index (χ0n) is 14.7. The molecule has 0 saturated heterocycles. The number of pyridine rings is 1. The van der Waals surface area contributed by atoms with Crippen LogP contribution in [0.5, 0.6) is 0 Å². The van der Waals surface area contributed by atoms with E-state index in [2.05, 4.69) is 20.3 Å². The van der Waals surface area contributed by atoms with Gasteiger partial charge in [0.1, 0.15) is 17.5 Å². The summed E-state index contributed by atoms with van der Waals surface area (Å²) in [6, 6.07) is 5.20. The highest BCUT2D eigenvalue weighted by atomic mass is 32.2. The lowest BCUT2D eigenvalue weighted by Crippen LogP contribution is -2.29. The molecule has 1 aromatic carbocycles. The van der Waals surface area contributed by atoms with E-state index >= 15 is 0 Å². The second-order valence-electron chi connectivity index (χ2n) is 5.94. The number of hydrogen-bond acceptors (Lipinski definition) is 6. The van der Waals surface area contributed by atoms with Crippen molar-refractivity contribution in [3.63, 3.8) is 0 Å². The molecule has 3 rings (SSSR count). The van der Waals surface area contributed by atoms with Gasteiger partial charge in [0.05, 0.1) is 16.9 Å². The molecule has 1 N–H and O–H groups in total. The van der Waals surface area contributed by atoms with Gasteiger partial charge >= 0.3 is 0 Å². The Morgan fingerprint density at radius 1 is 1.15 bits per heavy atom. The van der Waals surface area contributed by atoms with Gasteiger partial charge in [-0.15, -0.1) is 0 Å². The molecule has 3 aromatic rings. The number of likely N-dealkylation sites (N-methyl/N-ethyl adjacent to an activating group) is 1. The van der Waals surface area contributed by atoms with Crippen molar-refractivity contribution in [2.75, 3.05) is 32.2 Å². The molecule has 0 bridgehead atoms. The number of nitrogens with zero attached hydrogens (tertiary/aromatic N) is 4. The van der Waals surface area contributed by atoms with Crippen molar-refractivity contribution in [3.8, 4) is 0 Å². The third-order valence-electron chi connectivity index (χ3n) is 4.09. The number of benzene rings is 1. The van der Waals surface area contributed by atoms with Crippen molar-refractivity contribution >= 4 is 28.5 Å². The summed E-state index contributed by atoms with van der Waals surface area (Å²) in [5, 5.41) is 4.62. The van der Waals surface area contributed by atoms with E-state index in [9.17, 15) is 8.78 Å². The fourth-order valence-electron chi connectivity index (χ4n) is 2.74. The molecular formula is C18H19F2N5S. The maximum Gasteiger partial charge on any atom is 0.187 e. The van der Waals surface area contributed by atoms with Crippen LogP contribution in [0, 0.1) is 11.6 Å². The average Bonchev–Trinajstić information content (AvgIpc) is 2.63. The van der Waals surface area contributed by atoms with E-state index in [1.54, 1.807) is 31.4 Å². The molecule has 8 heteroatoms. The highest BCUT2D eigenvalue weighted by Crippen LogP contribution is 2.26. The number of thioether (sulfide) groups is 1. The van der Waals surface area contributed by atoms with Crippen molar-refractivity contribution in [2.24, 2.45) is 0 Å². The summed E-state index contributed by atoms with van der Waals surface area (Å²) in [6.45, 7) is 0.279. The van der Waals surface area contributed by atoms with Crippen LogP contribution in [0.1, 0.15) is 11.6 Å². The van der Waals surface area contributed by atoms with Crippen LogP contribution in [0.4, 0.5) is 14.6 Å². The third kappa shape index (κ3) is 3.76. The van der Waals surface area contributed by atoms with Crippen LogP contribution < -0.4 is 5.32 Å². The highest BCUT2D eigenvalue weighted by Gasteiger charge is 2.22. The minimum Gasteiger partial charge on any atom is -0.368 e. The number of aromatic nitrogens is 3. The molecule has 0 aliphatic heterocycles. The molecule has 0 aliphatic rings. The van der Waals surface area contributed by atoms with E-state index in [1.165, 1.54) is 30.0 Å². The fraction of sp³-hybridized carbons (Fsp3) is 0.278. The maximum atomic E-state index is 14.2. The Morgan fingerprint density at radius 2 is 1.88 bits per heavy atom. The number of anilines is 1. The van der Waals surface area contributed by atoms with Gasteiger partial charge in [-0.2, -0.15) is 0 Å². The number of nitrogens with one attached hydrogen (secondary N) is 1. The Morgan fingerprint density at radius 3 is 2.54 bits per heavy atom. The molecule has 0 radical (unpaired) electrons. The maximum absolute atomic E-state index is 14.2. The number of rotatable bonds is 6. The SMILES string of the molecule is CSc1ncc2c(NCC(c3c(F)cccc3F)N(C)C)nccc2n1. The first-order chi connectivity index (χ1) is 12.5. The molecule has 0 fully saturated rings. The topological polar surface area (TPSA) is 53.9 Å². The Bertz CT molecular complexity index is 899. The molecule has 1 unspecified atom stereocenters. The van der Waals surface area contributed by atoms with Gasteiger partial charge in [0, 0.05) is 24.5 Å². The first-order valence-corrected chi connectivity index (χ1v) is 9.23. The molecule has 0 saturated carbocycles. The normalized spacial score (nSPS) is 12.5. The van der Waals surface area contributed by atoms with Crippen LogP contribution in [-0.4, -0.2) is 46.7 Å². The van der Waals surface area contributed by atoms with Crippen LogP contribution in [-0.2, 0) is 0 Å². The van der Waals surface area contributed by atoms with E-state index in [0.717, 1.165) is 10.9 Å². The molecule has 0 amide bonds. The first-order valence-electron chi connectivity index (χ1n) is 8.01. The van der Waals surface area contributed by atoms with Gasteiger partial charge in [-0.25, -0.2) is 23.7 Å². The zero-order chi connectivity index (χ0) is 18.7. The van der Waals surface area contributed by atoms with Gasteiger partial charge in [0.15, 0.2) is 5.16 Å². The molecular weight excluding hydrogens is 356 g/mol. The molecule has 136 valence electrons. The largest absolute Gasteiger partial charge is 0.368 e. The second kappa shape index (κ2) is 7.92. The zero-order valence-corrected chi connectivity index (χ0v) is 15.5. The molecule has 1 atom stereocenters. The van der Waals surface area contributed by atoms with Gasteiger partial charge < -0.3 is 10.2 Å².